The molecule has 7 heteroatoms. The summed E-state index contributed by atoms with van der Waals surface area (Å²) in [6, 6.07) is 16.0. The molecule has 0 aliphatic carbocycles. The highest BCUT2D eigenvalue weighted by atomic mass is 16.5. The number of H-pyrrole nitrogens is 1. The summed E-state index contributed by atoms with van der Waals surface area (Å²) in [6.45, 7) is 16.7. The molecule has 0 radical (unpaired) electrons. The van der Waals surface area contributed by atoms with Gasteiger partial charge in [0.1, 0.15) is 0 Å². The molecule has 3 aromatic rings. The maximum absolute atomic E-state index is 14.0. The van der Waals surface area contributed by atoms with E-state index in [4.69, 9.17) is 4.74 Å². The fourth-order valence-corrected chi connectivity index (χ4v) is 5.87. The number of carbonyl (C=O) groups excluding carboxylic acids is 2. The standard InChI is InChI=1S/C32H40N4O3/c1-6-34-14-16-35(17-15-34)19-23-10-9-11-24(18-23)30(37)36-20-26(31(38)39-22(2)3)29-28(32(4,5)21-36)25-12-7-8-13-27(25)33-29/h7-13,18,20,22,33H,6,14-17,19,21H2,1-5H3. The minimum atomic E-state index is -0.437. The second kappa shape index (κ2) is 11.0. The predicted octanol–water partition coefficient (Wildman–Crippen LogP) is 5.03. The van der Waals surface area contributed by atoms with Gasteiger partial charge in [-0.05, 0) is 49.7 Å². The molecular weight excluding hydrogens is 488 g/mol. The summed E-state index contributed by atoms with van der Waals surface area (Å²) in [7, 11) is 0. The monoisotopic (exact) mass is 528 g/mol. The van der Waals surface area contributed by atoms with E-state index in [1.807, 2.05) is 50.2 Å². The van der Waals surface area contributed by atoms with Crippen molar-refractivity contribution in [3.8, 4) is 0 Å². The van der Waals surface area contributed by atoms with Gasteiger partial charge in [-0.3, -0.25) is 9.69 Å². The number of amides is 1. The predicted molar refractivity (Wildman–Crippen MR) is 155 cm³/mol. The molecule has 3 heterocycles. The first-order valence-electron chi connectivity index (χ1n) is 14.0. The maximum atomic E-state index is 14.0. The van der Waals surface area contributed by atoms with E-state index in [0.717, 1.165) is 67.0 Å². The van der Waals surface area contributed by atoms with Crippen LogP contribution < -0.4 is 0 Å². The molecule has 5 rings (SSSR count). The van der Waals surface area contributed by atoms with Crippen molar-refractivity contribution >= 4 is 28.4 Å². The number of ether oxygens (including phenoxy) is 1. The summed E-state index contributed by atoms with van der Waals surface area (Å²) >= 11 is 0. The Morgan fingerprint density at radius 3 is 2.44 bits per heavy atom. The highest BCUT2D eigenvalue weighted by molar-refractivity contribution is 6.18. The van der Waals surface area contributed by atoms with Gasteiger partial charge in [-0.1, -0.05) is 51.1 Å². The molecule has 1 N–H and O–H groups in total. The zero-order valence-electron chi connectivity index (χ0n) is 23.8. The summed E-state index contributed by atoms with van der Waals surface area (Å²) in [5.74, 6) is -0.557. The Balaban J connectivity index is 1.48. The molecule has 2 aromatic carbocycles. The van der Waals surface area contributed by atoms with E-state index in [1.165, 1.54) is 0 Å². The topological polar surface area (TPSA) is 68.9 Å². The number of likely N-dealkylation sites (N-methyl/N-ethyl adjacent to an activating group) is 1. The van der Waals surface area contributed by atoms with E-state index < -0.39 is 11.4 Å². The minimum absolute atomic E-state index is 0.120. The van der Waals surface area contributed by atoms with Crippen molar-refractivity contribution < 1.29 is 14.3 Å². The number of para-hydroxylation sites is 1. The van der Waals surface area contributed by atoms with Gasteiger partial charge in [0.05, 0.1) is 17.4 Å². The number of aromatic nitrogens is 1. The van der Waals surface area contributed by atoms with Crippen molar-refractivity contribution in [2.24, 2.45) is 0 Å². The molecule has 39 heavy (non-hydrogen) atoms. The molecule has 7 nitrogen and oxygen atoms in total. The number of carbonyl (C=O) groups is 2. The Morgan fingerprint density at radius 2 is 1.72 bits per heavy atom. The summed E-state index contributed by atoms with van der Waals surface area (Å²) in [6.07, 6.45) is 1.41. The van der Waals surface area contributed by atoms with Gasteiger partial charge in [-0.15, -0.1) is 0 Å². The van der Waals surface area contributed by atoms with E-state index in [-0.39, 0.29) is 12.0 Å². The minimum Gasteiger partial charge on any atom is -0.459 e. The van der Waals surface area contributed by atoms with E-state index in [1.54, 1.807) is 11.1 Å². The lowest BCUT2D eigenvalue weighted by Crippen LogP contribution is -2.45. The van der Waals surface area contributed by atoms with Gasteiger partial charge >= 0.3 is 5.97 Å². The molecule has 1 saturated heterocycles. The molecule has 0 bridgehead atoms. The summed E-state index contributed by atoms with van der Waals surface area (Å²) in [4.78, 5) is 37.4. The fourth-order valence-electron chi connectivity index (χ4n) is 5.87. The zero-order chi connectivity index (χ0) is 27.7. The number of nitrogens with zero attached hydrogens (tertiary/aromatic N) is 3. The molecule has 0 atom stereocenters. The fraction of sp³-hybridized carbons (Fsp3) is 0.438. The number of aromatic amines is 1. The van der Waals surface area contributed by atoms with Crippen molar-refractivity contribution in [1.82, 2.24) is 19.7 Å². The van der Waals surface area contributed by atoms with Crippen LogP contribution in [0.25, 0.3) is 16.5 Å². The first kappa shape index (κ1) is 27.2. The Hall–Kier alpha value is -3.42. The third-order valence-electron chi connectivity index (χ3n) is 7.82. The van der Waals surface area contributed by atoms with Crippen molar-refractivity contribution in [3.05, 3.63) is 77.1 Å². The van der Waals surface area contributed by atoms with Gasteiger partial charge in [0.25, 0.3) is 5.91 Å². The number of piperazine rings is 1. The summed E-state index contributed by atoms with van der Waals surface area (Å²) in [5.41, 5.74) is 4.42. The van der Waals surface area contributed by atoms with Crippen molar-refractivity contribution in [3.63, 3.8) is 0 Å². The van der Waals surface area contributed by atoms with Crippen LogP contribution in [0.5, 0.6) is 0 Å². The SMILES string of the molecule is CCN1CCN(Cc2cccc(C(=O)N3C=C(C(=O)OC(C)C)c4[nH]c5ccccc5c4C(C)(C)C3)c2)CC1. The number of nitrogens with one attached hydrogen (secondary N) is 1. The number of fused-ring (bicyclic) bond motifs is 3. The first-order valence-corrected chi connectivity index (χ1v) is 14.0. The van der Waals surface area contributed by atoms with Gasteiger partial charge in [0.15, 0.2) is 0 Å². The van der Waals surface area contributed by atoms with Crippen LogP contribution in [0.15, 0.2) is 54.7 Å². The van der Waals surface area contributed by atoms with E-state index >= 15 is 0 Å². The maximum Gasteiger partial charge on any atom is 0.342 e. The van der Waals surface area contributed by atoms with Crippen LogP contribution in [0.4, 0.5) is 0 Å². The van der Waals surface area contributed by atoms with Gasteiger partial charge in [0, 0.05) is 67.3 Å². The van der Waals surface area contributed by atoms with Crippen LogP contribution in [0.1, 0.15) is 61.8 Å². The molecule has 1 amide bonds. The number of esters is 1. The second-order valence-corrected chi connectivity index (χ2v) is 11.6. The van der Waals surface area contributed by atoms with Crippen LogP contribution in [-0.2, 0) is 21.5 Å². The van der Waals surface area contributed by atoms with Crippen molar-refractivity contribution in [2.45, 2.75) is 52.7 Å². The van der Waals surface area contributed by atoms with Gasteiger partial charge in [0.2, 0.25) is 0 Å². The summed E-state index contributed by atoms with van der Waals surface area (Å²) in [5, 5.41) is 1.06. The van der Waals surface area contributed by atoms with Crippen molar-refractivity contribution in [2.75, 3.05) is 39.3 Å². The van der Waals surface area contributed by atoms with Crippen LogP contribution in [0.2, 0.25) is 0 Å². The molecule has 2 aliphatic rings. The number of rotatable bonds is 6. The molecule has 0 saturated carbocycles. The largest absolute Gasteiger partial charge is 0.459 e. The Morgan fingerprint density at radius 1 is 1.00 bits per heavy atom. The van der Waals surface area contributed by atoms with E-state index in [2.05, 4.69) is 47.7 Å². The zero-order valence-corrected chi connectivity index (χ0v) is 23.8. The van der Waals surface area contributed by atoms with Gasteiger partial charge < -0.3 is 19.5 Å². The van der Waals surface area contributed by atoms with Crippen LogP contribution in [0.3, 0.4) is 0 Å². The average Bonchev–Trinajstić information content (AvgIpc) is 3.26. The Bertz CT molecular complexity index is 1400. The highest BCUT2D eigenvalue weighted by Gasteiger charge is 2.37. The third kappa shape index (κ3) is 5.65. The lowest BCUT2D eigenvalue weighted by atomic mass is 9.81. The molecular formula is C32H40N4O3. The smallest absolute Gasteiger partial charge is 0.342 e. The molecule has 206 valence electrons. The van der Waals surface area contributed by atoms with E-state index in [9.17, 15) is 9.59 Å². The number of hydrogen-bond donors (Lipinski definition) is 1. The number of hydrogen-bond acceptors (Lipinski definition) is 5. The first-order chi connectivity index (χ1) is 18.7. The lowest BCUT2D eigenvalue weighted by Gasteiger charge is -2.34. The lowest BCUT2D eigenvalue weighted by molar-refractivity contribution is -0.140. The van der Waals surface area contributed by atoms with Gasteiger partial charge in [-0.25, -0.2) is 4.79 Å². The van der Waals surface area contributed by atoms with Crippen LogP contribution in [-0.4, -0.2) is 76.9 Å². The molecule has 2 aliphatic heterocycles. The average molecular weight is 529 g/mol. The quantitative estimate of drug-likeness (QED) is 0.455. The third-order valence-corrected chi connectivity index (χ3v) is 7.82. The molecule has 1 aromatic heterocycles. The highest BCUT2D eigenvalue weighted by Crippen LogP contribution is 2.40. The van der Waals surface area contributed by atoms with Crippen LogP contribution >= 0.6 is 0 Å². The van der Waals surface area contributed by atoms with Gasteiger partial charge in [-0.2, -0.15) is 0 Å². The molecule has 1 fully saturated rings. The normalized spacial score (nSPS) is 18.1. The Labute approximate surface area is 231 Å². The Kier molecular flexibility index (Phi) is 7.65. The number of benzene rings is 2. The molecule has 0 spiro atoms. The van der Waals surface area contributed by atoms with E-state index in [0.29, 0.717) is 17.7 Å². The summed E-state index contributed by atoms with van der Waals surface area (Å²) < 4.78 is 5.65. The second-order valence-electron chi connectivity index (χ2n) is 11.6. The molecule has 0 unspecified atom stereocenters. The van der Waals surface area contributed by atoms with Crippen molar-refractivity contribution in [1.29, 1.82) is 0 Å². The van der Waals surface area contributed by atoms with Crippen LogP contribution in [0, 0.1) is 0 Å².